The number of thiophene rings is 1. The number of tetrazole rings is 1. The molecule has 0 unspecified atom stereocenters. The Morgan fingerprint density at radius 1 is 1.39 bits per heavy atom. The van der Waals surface area contributed by atoms with E-state index in [9.17, 15) is 4.79 Å². The SMILES string of the molecule is O=C(NC[C@H]1CCCO1)c1c(-n2cnnn2)sc2c1CCCC2. The average molecular weight is 333 g/mol. The van der Waals surface area contributed by atoms with Crippen molar-refractivity contribution in [3.8, 4) is 5.00 Å². The summed E-state index contributed by atoms with van der Waals surface area (Å²) in [5, 5.41) is 15.2. The third-order valence-corrected chi connectivity index (χ3v) is 5.73. The number of hydrogen-bond acceptors (Lipinski definition) is 6. The Kier molecular flexibility index (Phi) is 4.09. The second-order valence-electron chi connectivity index (χ2n) is 5.99. The Bertz CT molecular complexity index is 691. The molecule has 1 aliphatic carbocycles. The molecule has 2 aromatic rings. The van der Waals surface area contributed by atoms with Crippen LogP contribution in [-0.2, 0) is 17.6 Å². The highest BCUT2D eigenvalue weighted by atomic mass is 32.1. The van der Waals surface area contributed by atoms with Gasteiger partial charge in [0.1, 0.15) is 11.3 Å². The third kappa shape index (κ3) is 2.88. The van der Waals surface area contributed by atoms with Gasteiger partial charge in [0, 0.05) is 18.0 Å². The van der Waals surface area contributed by atoms with E-state index in [1.165, 1.54) is 16.9 Å². The highest BCUT2D eigenvalue weighted by molar-refractivity contribution is 7.15. The van der Waals surface area contributed by atoms with Gasteiger partial charge in [-0.2, -0.15) is 4.68 Å². The van der Waals surface area contributed by atoms with E-state index in [1.54, 1.807) is 22.3 Å². The molecule has 7 nitrogen and oxygen atoms in total. The summed E-state index contributed by atoms with van der Waals surface area (Å²) in [4.78, 5) is 14.1. The fraction of sp³-hybridized carbons (Fsp3) is 0.600. The summed E-state index contributed by atoms with van der Waals surface area (Å²) in [6.45, 7) is 1.36. The van der Waals surface area contributed by atoms with Gasteiger partial charge in [0.05, 0.1) is 11.7 Å². The van der Waals surface area contributed by atoms with Gasteiger partial charge in [0.25, 0.3) is 5.91 Å². The van der Waals surface area contributed by atoms with Gasteiger partial charge in [-0.3, -0.25) is 4.79 Å². The fourth-order valence-corrected chi connectivity index (χ4v) is 4.60. The molecule has 1 aliphatic heterocycles. The van der Waals surface area contributed by atoms with Crippen LogP contribution >= 0.6 is 11.3 Å². The molecule has 3 heterocycles. The summed E-state index contributed by atoms with van der Waals surface area (Å²) in [5.41, 5.74) is 1.92. The molecule has 1 saturated heterocycles. The summed E-state index contributed by atoms with van der Waals surface area (Å²) in [7, 11) is 0. The highest BCUT2D eigenvalue weighted by Gasteiger charge is 2.27. The molecule has 0 spiro atoms. The van der Waals surface area contributed by atoms with Gasteiger partial charge in [-0.1, -0.05) is 0 Å². The maximum absolute atomic E-state index is 12.8. The standard InChI is InChI=1S/C15H19N5O2S/c21-14(16-8-10-4-3-7-22-10)13-11-5-1-2-6-12(11)23-15(13)20-9-17-18-19-20/h9-10H,1-8H2,(H,16,21)/t10-/m1/s1. The van der Waals surface area contributed by atoms with Gasteiger partial charge in [-0.05, 0) is 54.5 Å². The van der Waals surface area contributed by atoms with Crippen LogP contribution in [0.2, 0.25) is 0 Å². The maximum atomic E-state index is 12.8. The van der Waals surface area contributed by atoms with E-state index in [-0.39, 0.29) is 12.0 Å². The average Bonchev–Trinajstić information content (AvgIpc) is 3.31. The lowest BCUT2D eigenvalue weighted by molar-refractivity contribution is 0.0857. The molecule has 1 fully saturated rings. The first-order valence-corrected chi connectivity index (χ1v) is 8.92. The molecule has 122 valence electrons. The highest BCUT2D eigenvalue weighted by Crippen LogP contribution is 2.36. The predicted octanol–water partition coefficient (Wildman–Crippen LogP) is 1.51. The van der Waals surface area contributed by atoms with Crippen molar-refractivity contribution in [2.75, 3.05) is 13.2 Å². The lowest BCUT2D eigenvalue weighted by Gasteiger charge is -2.14. The van der Waals surface area contributed by atoms with Gasteiger partial charge in [-0.25, -0.2) is 0 Å². The number of aryl methyl sites for hydroxylation is 1. The molecule has 2 aliphatic rings. The van der Waals surface area contributed by atoms with Crippen LogP contribution in [0.25, 0.3) is 5.00 Å². The Morgan fingerprint density at radius 2 is 2.30 bits per heavy atom. The van der Waals surface area contributed by atoms with Crippen LogP contribution < -0.4 is 5.32 Å². The molecule has 0 saturated carbocycles. The van der Waals surface area contributed by atoms with E-state index in [0.29, 0.717) is 6.54 Å². The van der Waals surface area contributed by atoms with E-state index in [2.05, 4.69) is 20.8 Å². The minimum atomic E-state index is -0.0367. The number of nitrogens with one attached hydrogen (secondary N) is 1. The first kappa shape index (κ1) is 14.8. The van der Waals surface area contributed by atoms with Crippen molar-refractivity contribution in [3.05, 3.63) is 22.3 Å². The van der Waals surface area contributed by atoms with Crippen molar-refractivity contribution >= 4 is 17.2 Å². The van der Waals surface area contributed by atoms with E-state index >= 15 is 0 Å². The predicted molar refractivity (Wildman–Crippen MR) is 85.0 cm³/mol. The van der Waals surface area contributed by atoms with Crippen molar-refractivity contribution < 1.29 is 9.53 Å². The molecule has 0 radical (unpaired) electrons. The lowest BCUT2D eigenvalue weighted by Crippen LogP contribution is -2.32. The van der Waals surface area contributed by atoms with Gasteiger partial charge in [-0.15, -0.1) is 16.4 Å². The molecule has 1 amide bonds. The molecule has 8 heteroatoms. The second kappa shape index (κ2) is 6.37. The number of hydrogen-bond donors (Lipinski definition) is 1. The van der Waals surface area contributed by atoms with Crippen molar-refractivity contribution in [1.29, 1.82) is 0 Å². The first-order chi connectivity index (χ1) is 11.3. The van der Waals surface area contributed by atoms with Crippen LogP contribution in [0.1, 0.15) is 46.5 Å². The third-order valence-electron chi connectivity index (χ3n) is 4.45. The monoisotopic (exact) mass is 333 g/mol. The zero-order chi connectivity index (χ0) is 15.6. The molecule has 0 bridgehead atoms. The topological polar surface area (TPSA) is 81.9 Å². The van der Waals surface area contributed by atoms with Crippen molar-refractivity contribution in [3.63, 3.8) is 0 Å². The van der Waals surface area contributed by atoms with E-state index in [4.69, 9.17) is 4.74 Å². The Morgan fingerprint density at radius 3 is 3.09 bits per heavy atom. The van der Waals surface area contributed by atoms with Crippen LogP contribution in [0.3, 0.4) is 0 Å². The molecule has 1 N–H and O–H groups in total. The number of carbonyl (C=O) groups excluding carboxylic acids is 1. The summed E-state index contributed by atoms with van der Waals surface area (Å²) in [6.07, 6.45) is 8.08. The number of nitrogens with zero attached hydrogens (tertiary/aromatic N) is 4. The summed E-state index contributed by atoms with van der Waals surface area (Å²) in [5.74, 6) is -0.0367. The Labute approximate surface area is 138 Å². The number of carbonyl (C=O) groups is 1. The zero-order valence-corrected chi connectivity index (χ0v) is 13.6. The molecule has 4 rings (SSSR count). The molecule has 0 aromatic carbocycles. The minimum Gasteiger partial charge on any atom is -0.376 e. The van der Waals surface area contributed by atoms with Gasteiger partial charge in [0.15, 0.2) is 0 Å². The van der Waals surface area contributed by atoms with E-state index in [0.717, 1.165) is 49.3 Å². The zero-order valence-electron chi connectivity index (χ0n) is 12.8. The van der Waals surface area contributed by atoms with Gasteiger partial charge < -0.3 is 10.1 Å². The van der Waals surface area contributed by atoms with Gasteiger partial charge >= 0.3 is 0 Å². The quantitative estimate of drug-likeness (QED) is 0.917. The van der Waals surface area contributed by atoms with E-state index < -0.39 is 0 Å². The van der Waals surface area contributed by atoms with Gasteiger partial charge in [0.2, 0.25) is 0 Å². The number of rotatable bonds is 4. The number of aromatic nitrogens is 4. The van der Waals surface area contributed by atoms with E-state index in [1.807, 2.05) is 0 Å². The first-order valence-electron chi connectivity index (χ1n) is 8.10. The Balaban J connectivity index is 1.62. The minimum absolute atomic E-state index is 0.0367. The maximum Gasteiger partial charge on any atom is 0.254 e. The lowest BCUT2D eigenvalue weighted by atomic mass is 9.95. The Hall–Kier alpha value is -1.80. The summed E-state index contributed by atoms with van der Waals surface area (Å²) >= 11 is 1.63. The largest absolute Gasteiger partial charge is 0.376 e. The molecular weight excluding hydrogens is 314 g/mol. The molecule has 1 atom stereocenters. The number of ether oxygens (including phenoxy) is 1. The van der Waals surface area contributed by atoms with Crippen LogP contribution in [0.4, 0.5) is 0 Å². The van der Waals surface area contributed by atoms with Crippen LogP contribution in [0.5, 0.6) is 0 Å². The van der Waals surface area contributed by atoms with Crippen molar-refractivity contribution in [1.82, 2.24) is 25.5 Å². The second-order valence-corrected chi connectivity index (χ2v) is 7.07. The molecular formula is C15H19N5O2S. The fourth-order valence-electron chi connectivity index (χ4n) is 3.30. The van der Waals surface area contributed by atoms with Crippen LogP contribution in [0.15, 0.2) is 6.33 Å². The van der Waals surface area contributed by atoms with Crippen molar-refractivity contribution in [2.24, 2.45) is 0 Å². The van der Waals surface area contributed by atoms with Crippen molar-refractivity contribution in [2.45, 2.75) is 44.6 Å². The number of fused-ring (bicyclic) bond motifs is 1. The molecule has 23 heavy (non-hydrogen) atoms. The smallest absolute Gasteiger partial charge is 0.254 e. The van der Waals surface area contributed by atoms with Crippen LogP contribution in [-0.4, -0.2) is 45.4 Å². The van der Waals surface area contributed by atoms with Crippen LogP contribution in [0, 0.1) is 0 Å². The normalized spacial score (nSPS) is 20.4. The summed E-state index contributed by atoms with van der Waals surface area (Å²) < 4.78 is 7.19. The summed E-state index contributed by atoms with van der Waals surface area (Å²) in [6, 6.07) is 0. The number of amides is 1. The molecule has 2 aromatic heterocycles.